The quantitative estimate of drug-likeness (QED) is 0.305. The van der Waals surface area contributed by atoms with Crippen LogP contribution in [0, 0.1) is 6.92 Å². The van der Waals surface area contributed by atoms with Gasteiger partial charge in [-0.2, -0.15) is 0 Å². The van der Waals surface area contributed by atoms with Crippen molar-refractivity contribution < 1.29 is 8.42 Å². The lowest BCUT2D eigenvalue weighted by Gasteiger charge is -2.23. The van der Waals surface area contributed by atoms with Gasteiger partial charge in [-0.15, -0.1) is 34.5 Å². The molecule has 0 radical (unpaired) electrons. The molecule has 0 spiro atoms. The first-order valence-corrected chi connectivity index (χ1v) is 12.9. The van der Waals surface area contributed by atoms with Crippen LogP contribution in [0.5, 0.6) is 0 Å². The molecule has 10 heteroatoms. The Hall–Kier alpha value is -2.13. The fraction of sp³-hybridized carbons (Fsp3) is 0.238. The summed E-state index contributed by atoms with van der Waals surface area (Å²) in [5.41, 5.74) is 3.77. The van der Waals surface area contributed by atoms with Crippen LogP contribution in [0.25, 0.3) is 0 Å². The normalized spacial score (nSPS) is 11.7. The highest BCUT2D eigenvalue weighted by molar-refractivity contribution is 7.93. The summed E-state index contributed by atoms with van der Waals surface area (Å²) in [6.07, 6.45) is 3.31. The van der Waals surface area contributed by atoms with E-state index in [0.29, 0.717) is 22.6 Å². The summed E-state index contributed by atoms with van der Waals surface area (Å²) in [5, 5.41) is 2.04. The predicted octanol–water partition coefficient (Wildman–Crippen LogP) is 5.29. The van der Waals surface area contributed by atoms with Gasteiger partial charge in [0.2, 0.25) is 0 Å². The Morgan fingerprint density at radius 2 is 1.84 bits per heavy atom. The zero-order valence-corrected chi connectivity index (χ0v) is 20.0. The molecule has 0 aliphatic rings. The third kappa shape index (κ3) is 6.43. The summed E-state index contributed by atoms with van der Waals surface area (Å²) in [6, 6.07) is 12.5. The monoisotopic (exact) mass is 496 g/mol. The van der Waals surface area contributed by atoms with Crippen LogP contribution < -0.4 is 9.62 Å². The second-order valence-electron chi connectivity index (χ2n) is 6.60. The highest BCUT2D eigenvalue weighted by Gasteiger charge is 2.15. The van der Waals surface area contributed by atoms with Crippen LogP contribution in [0.4, 0.5) is 16.5 Å². The molecule has 1 aromatic heterocycles. The highest BCUT2D eigenvalue weighted by Crippen LogP contribution is 2.22. The Bertz CT molecular complexity index is 1110. The zero-order valence-electron chi connectivity index (χ0n) is 16.8. The molecule has 3 aromatic rings. The standard InChI is InChI=1S/C21H22Cl2N4O2S2/c1-16-14-19(27(11-8-22)12-9-23)5-2-17(16)15-25-18-3-6-20(7-4-18)31(28,29)26-21-24-10-13-30-21/h2-7,10,13-15H,8-9,11-12H2,1H3,(H,24,26). The van der Waals surface area contributed by atoms with Crippen LogP contribution in [0.3, 0.4) is 0 Å². The maximum atomic E-state index is 12.4. The molecule has 0 fully saturated rings. The minimum atomic E-state index is -3.67. The molecule has 1 N–H and O–H groups in total. The van der Waals surface area contributed by atoms with Crippen LogP contribution in [0.15, 0.2) is 63.9 Å². The average molecular weight is 497 g/mol. The van der Waals surface area contributed by atoms with Crippen molar-refractivity contribution in [3.8, 4) is 0 Å². The Morgan fingerprint density at radius 1 is 1.13 bits per heavy atom. The lowest BCUT2D eigenvalue weighted by Crippen LogP contribution is -2.27. The molecular weight excluding hydrogens is 475 g/mol. The van der Waals surface area contributed by atoms with E-state index in [1.54, 1.807) is 29.9 Å². The van der Waals surface area contributed by atoms with Crippen LogP contribution >= 0.6 is 34.5 Å². The van der Waals surface area contributed by atoms with E-state index in [2.05, 4.69) is 25.7 Å². The van der Waals surface area contributed by atoms with E-state index in [9.17, 15) is 8.42 Å². The van der Waals surface area contributed by atoms with E-state index < -0.39 is 10.0 Å². The Morgan fingerprint density at radius 3 is 2.42 bits per heavy atom. The topological polar surface area (TPSA) is 74.7 Å². The van der Waals surface area contributed by atoms with Crippen molar-refractivity contribution in [2.45, 2.75) is 11.8 Å². The fourth-order valence-electron chi connectivity index (χ4n) is 2.88. The first kappa shape index (κ1) is 23.5. The van der Waals surface area contributed by atoms with E-state index in [-0.39, 0.29) is 4.90 Å². The molecule has 164 valence electrons. The highest BCUT2D eigenvalue weighted by atomic mass is 35.5. The number of aryl methyl sites for hydroxylation is 1. The molecule has 0 saturated carbocycles. The number of nitrogens with one attached hydrogen (secondary N) is 1. The molecule has 0 saturated heterocycles. The van der Waals surface area contributed by atoms with Crippen LogP contribution in [0.2, 0.25) is 0 Å². The molecule has 0 unspecified atom stereocenters. The van der Waals surface area contributed by atoms with Crippen LogP contribution in [-0.2, 0) is 10.0 Å². The molecule has 2 aromatic carbocycles. The van der Waals surface area contributed by atoms with Crippen molar-refractivity contribution in [3.05, 3.63) is 65.2 Å². The summed E-state index contributed by atoms with van der Waals surface area (Å²) in [7, 11) is -3.67. The van der Waals surface area contributed by atoms with E-state index in [1.165, 1.54) is 23.5 Å². The Labute approximate surface area is 196 Å². The number of aliphatic imine (C=N–C) groups is 1. The number of sulfonamides is 1. The number of thiazole rings is 1. The van der Waals surface area contributed by atoms with Crippen LogP contribution in [-0.4, -0.2) is 44.5 Å². The molecule has 0 atom stereocenters. The third-order valence-corrected chi connectivity index (χ3v) is 6.99. The van der Waals surface area contributed by atoms with Gasteiger partial charge in [-0.1, -0.05) is 6.07 Å². The Kier molecular flexibility index (Phi) is 8.31. The van der Waals surface area contributed by atoms with Gasteiger partial charge in [0.05, 0.1) is 10.6 Å². The smallest absolute Gasteiger partial charge is 0.263 e. The van der Waals surface area contributed by atoms with Gasteiger partial charge in [0.15, 0.2) is 5.13 Å². The lowest BCUT2D eigenvalue weighted by atomic mass is 10.1. The number of hydrogen-bond donors (Lipinski definition) is 1. The van der Waals surface area contributed by atoms with Crippen molar-refractivity contribution >= 4 is 67.3 Å². The number of halogens is 2. The summed E-state index contributed by atoms with van der Waals surface area (Å²) < 4.78 is 27.3. The van der Waals surface area contributed by atoms with Crippen molar-refractivity contribution in [1.82, 2.24) is 4.98 Å². The van der Waals surface area contributed by atoms with Gasteiger partial charge in [0.25, 0.3) is 10.0 Å². The number of aromatic nitrogens is 1. The Balaban J connectivity index is 1.71. The van der Waals surface area contributed by atoms with E-state index in [1.807, 2.05) is 19.1 Å². The van der Waals surface area contributed by atoms with Gasteiger partial charge in [0, 0.05) is 48.3 Å². The van der Waals surface area contributed by atoms with E-state index in [0.717, 1.165) is 29.9 Å². The molecule has 31 heavy (non-hydrogen) atoms. The van der Waals surface area contributed by atoms with Crippen molar-refractivity contribution in [2.75, 3.05) is 34.5 Å². The molecular formula is C21H22Cl2N4O2S2. The number of hydrogen-bond acceptors (Lipinski definition) is 6. The number of alkyl halides is 2. The van der Waals surface area contributed by atoms with Crippen molar-refractivity contribution in [2.24, 2.45) is 4.99 Å². The van der Waals surface area contributed by atoms with Gasteiger partial charge in [0.1, 0.15) is 0 Å². The third-order valence-electron chi connectivity index (χ3n) is 4.48. The van der Waals surface area contributed by atoms with Gasteiger partial charge in [-0.3, -0.25) is 9.71 Å². The first-order valence-electron chi connectivity index (χ1n) is 9.47. The molecule has 0 bridgehead atoms. The molecule has 3 rings (SSSR count). The van der Waals surface area contributed by atoms with E-state index >= 15 is 0 Å². The fourth-order valence-corrected chi connectivity index (χ4v) is 5.08. The maximum absolute atomic E-state index is 12.4. The molecule has 0 amide bonds. The predicted molar refractivity (Wildman–Crippen MR) is 131 cm³/mol. The molecule has 0 aliphatic carbocycles. The summed E-state index contributed by atoms with van der Waals surface area (Å²) in [4.78, 5) is 10.7. The van der Waals surface area contributed by atoms with Crippen LogP contribution in [0.1, 0.15) is 11.1 Å². The summed E-state index contributed by atoms with van der Waals surface area (Å²) >= 11 is 13.0. The van der Waals surface area contributed by atoms with Crippen molar-refractivity contribution in [1.29, 1.82) is 0 Å². The van der Waals surface area contributed by atoms with Gasteiger partial charge in [-0.05, 0) is 54.4 Å². The number of anilines is 2. The summed E-state index contributed by atoms with van der Waals surface area (Å²) in [6.45, 7) is 3.48. The maximum Gasteiger partial charge on any atom is 0.263 e. The van der Waals surface area contributed by atoms with Gasteiger partial charge < -0.3 is 4.90 Å². The minimum absolute atomic E-state index is 0.154. The van der Waals surface area contributed by atoms with Gasteiger partial charge >= 0.3 is 0 Å². The minimum Gasteiger partial charge on any atom is -0.369 e. The van der Waals surface area contributed by atoms with E-state index in [4.69, 9.17) is 23.2 Å². The summed E-state index contributed by atoms with van der Waals surface area (Å²) in [5.74, 6) is 1.06. The SMILES string of the molecule is Cc1cc(N(CCCl)CCCl)ccc1C=Nc1ccc(S(=O)(=O)Nc2nccs2)cc1. The molecule has 0 aliphatic heterocycles. The first-order chi connectivity index (χ1) is 14.9. The zero-order chi connectivity index (χ0) is 22.3. The van der Waals surface area contributed by atoms with Crippen molar-refractivity contribution in [3.63, 3.8) is 0 Å². The molecule has 6 nitrogen and oxygen atoms in total. The number of nitrogens with zero attached hydrogens (tertiary/aromatic N) is 3. The molecule has 1 heterocycles. The second kappa shape index (κ2) is 10.9. The lowest BCUT2D eigenvalue weighted by molar-refractivity contribution is 0.601. The number of benzene rings is 2. The number of rotatable bonds is 10. The largest absolute Gasteiger partial charge is 0.369 e. The van der Waals surface area contributed by atoms with Gasteiger partial charge in [-0.25, -0.2) is 13.4 Å². The average Bonchev–Trinajstić information content (AvgIpc) is 3.25. The second-order valence-corrected chi connectivity index (χ2v) is 9.93.